The van der Waals surface area contributed by atoms with Gasteiger partial charge in [0.2, 0.25) is 0 Å². The highest BCUT2D eigenvalue weighted by Crippen LogP contribution is 2.42. The average molecular weight is 553 g/mol. The highest BCUT2D eigenvalue weighted by atomic mass is 16.5. The summed E-state index contributed by atoms with van der Waals surface area (Å²) in [4.78, 5) is 30.6. The van der Waals surface area contributed by atoms with Gasteiger partial charge >= 0.3 is 0 Å². The van der Waals surface area contributed by atoms with Crippen LogP contribution >= 0.6 is 0 Å². The number of morpholine rings is 1. The molecule has 0 aromatic heterocycles. The molecule has 1 N–H and O–H groups in total. The Hall–Kier alpha value is -3.56. The molecule has 2 aromatic rings. The van der Waals surface area contributed by atoms with Gasteiger partial charge in [-0.05, 0) is 62.2 Å². The summed E-state index contributed by atoms with van der Waals surface area (Å²) >= 11 is 0. The van der Waals surface area contributed by atoms with E-state index in [1.165, 1.54) is 0 Å². The summed E-state index contributed by atoms with van der Waals surface area (Å²) in [5.74, 6) is 0.237. The maximum Gasteiger partial charge on any atom is 0.295 e. The van der Waals surface area contributed by atoms with Gasteiger partial charge in [0.15, 0.2) is 11.5 Å². The van der Waals surface area contributed by atoms with Crippen LogP contribution < -0.4 is 14.2 Å². The van der Waals surface area contributed by atoms with Crippen molar-refractivity contribution in [2.45, 2.75) is 39.7 Å². The third kappa shape index (κ3) is 6.77. The predicted molar refractivity (Wildman–Crippen MR) is 152 cm³/mol. The molecule has 0 saturated carbocycles. The molecule has 2 fully saturated rings. The number of benzene rings is 2. The first kappa shape index (κ1) is 29.4. The van der Waals surface area contributed by atoms with E-state index in [9.17, 15) is 14.7 Å². The van der Waals surface area contributed by atoms with Crippen molar-refractivity contribution in [2.24, 2.45) is 0 Å². The summed E-state index contributed by atoms with van der Waals surface area (Å²) in [6, 6.07) is 11.5. The highest BCUT2D eigenvalue weighted by molar-refractivity contribution is 6.46. The number of aliphatic hydroxyl groups is 1. The van der Waals surface area contributed by atoms with Gasteiger partial charge in [0.25, 0.3) is 11.7 Å². The molecule has 9 nitrogen and oxygen atoms in total. The number of ether oxygens (including phenoxy) is 4. The minimum absolute atomic E-state index is 0.0539. The van der Waals surface area contributed by atoms with Gasteiger partial charge in [0.1, 0.15) is 11.5 Å². The topological polar surface area (TPSA) is 97.8 Å². The third-order valence-electron chi connectivity index (χ3n) is 7.08. The van der Waals surface area contributed by atoms with E-state index < -0.39 is 17.7 Å². The van der Waals surface area contributed by atoms with E-state index >= 15 is 0 Å². The lowest BCUT2D eigenvalue weighted by atomic mass is 9.95. The molecular weight excluding hydrogens is 512 g/mol. The zero-order valence-corrected chi connectivity index (χ0v) is 23.7. The normalized spacial score (nSPS) is 19.2. The van der Waals surface area contributed by atoms with E-state index in [4.69, 9.17) is 18.9 Å². The minimum Gasteiger partial charge on any atom is -0.507 e. The largest absolute Gasteiger partial charge is 0.507 e. The number of hydrogen-bond donors (Lipinski definition) is 1. The summed E-state index contributed by atoms with van der Waals surface area (Å²) < 4.78 is 22.8. The van der Waals surface area contributed by atoms with Gasteiger partial charge in [-0.1, -0.05) is 19.4 Å². The molecule has 0 radical (unpaired) electrons. The molecule has 1 amide bonds. The Kier molecular flexibility index (Phi) is 10.4. The maximum atomic E-state index is 13.5. The molecule has 9 heteroatoms. The smallest absolute Gasteiger partial charge is 0.295 e. The Balaban J connectivity index is 1.74. The first-order valence-corrected chi connectivity index (χ1v) is 14.2. The molecule has 2 aliphatic heterocycles. The van der Waals surface area contributed by atoms with Gasteiger partial charge in [-0.2, -0.15) is 0 Å². The number of carbonyl (C=O) groups excluding carboxylic acids is 2. The molecule has 2 aromatic carbocycles. The molecular formula is C31H40N2O7. The Bertz CT molecular complexity index is 1190. The molecule has 0 bridgehead atoms. The van der Waals surface area contributed by atoms with Crippen molar-refractivity contribution in [3.05, 3.63) is 59.2 Å². The van der Waals surface area contributed by atoms with Crippen molar-refractivity contribution in [1.29, 1.82) is 0 Å². The Morgan fingerprint density at radius 1 is 0.925 bits per heavy atom. The number of nitrogens with zero attached hydrogens (tertiary/aromatic N) is 2. The van der Waals surface area contributed by atoms with Gasteiger partial charge in [-0.25, -0.2) is 0 Å². The monoisotopic (exact) mass is 552 g/mol. The van der Waals surface area contributed by atoms with Crippen molar-refractivity contribution < 1.29 is 33.6 Å². The van der Waals surface area contributed by atoms with E-state index in [1.807, 2.05) is 32.0 Å². The van der Waals surface area contributed by atoms with Crippen molar-refractivity contribution in [2.75, 3.05) is 59.2 Å². The van der Waals surface area contributed by atoms with E-state index in [0.29, 0.717) is 74.5 Å². The first-order valence-electron chi connectivity index (χ1n) is 14.2. The number of ketones is 1. The summed E-state index contributed by atoms with van der Waals surface area (Å²) in [5, 5.41) is 11.4. The standard InChI is InChI=1S/C31H40N2O7/c1-4-7-18-40-25-13-10-23(21-26(25)39-6-3)28-27(29(34)22-8-11-24(12-9-22)38-5-2)30(35)31(36)33(28)15-14-32-16-19-37-20-17-32/h8-13,21,28,34H,4-7,14-20H2,1-3H3/b29-27+. The van der Waals surface area contributed by atoms with Crippen molar-refractivity contribution in [3.63, 3.8) is 0 Å². The van der Waals surface area contributed by atoms with Crippen molar-refractivity contribution >= 4 is 17.4 Å². The predicted octanol–water partition coefficient (Wildman–Crippen LogP) is 4.42. The van der Waals surface area contributed by atoms with Crippen molar-refractivity contribution in [3.8, 4) is 17.2 Å². The Labute approximate surface area is 236 Å². The summed E-state index contributed by atoms with van der Waals surface area (Å²) in [5.41, 5.74) is 1.15. The number of amides is 1. The van der Waals surface area contributed by atoms with Crippen LogP contribution in [0.4, 0.5) is 0 Å². The van der Waals surface area contributed by atoms with Crippen LogP contribution in [-0.4, -0.2) is 85.8 Å². The number of aliphatic hydroxyl groups excluding tert-OH is 1. The maximum absolute atomic E-state index is 13.5. The first-order chi connectivity index (χ1) is 19.5. The fourth-order valence-corrected chi connectivity index (χ4v) is 4.97. The molecule has 2 aliphatic rings. The molecule has 0 spiro atoms. The lowest BCUT2D eigenvalue weighted by molar-refractivity contribution is -0.140. The fraction of sp³-hybridized carbons (Fsp3) is 0.484. The van der Waals surface area contributed by atoms with Gasteiger partial charge in [0.05, 0.1) is 44.6 Å². The second-order valence-corrected chi connectivity index (χ2v) is 9.75. The number of rotatable bonds is 13. The van der Waals surface area contributed by atoms with E-state index in [1.54, 1.807) is 29.2 Å². The van der Waals surface area contributed by atoms with Crippen LogP contribution in [0, 0.1) is 0 Å². The molecule has 40 heavy (non-hydrogen) atoms. The molecule has 4 rings (SSSR count). The summed E-state index contributed by atoms with van der Waals surface area (Å²) in [6.07, 6.45) is 1.92. The second kappa shape index (κ2) is 14.2. The summed E-state index contributed by atoms with van der Waals surface area (Å²) in [6.45, 7) is 11.1. The molecule has 0 aliphatic carbocycles. The quantitative estimate of drug-likeness (QED) is 0.169. The lowest BCUT2D eigenvalue weighted by Crippen LogP contribution is -2.42. The van der Waals surface area contributed by atoms with Gasteiger partial charge in [0, 0.05) is 31.7 Å². The van der Waals surface area contributed by atoms with E-state index in [0.717, 1.165) is 25.9 Å². The van der Waals surface area contributed by atoms with Crippen LogP contribution in [-0.2, 0) is 14.3 Å². The van der Waals surface area contributed by atoms with Gasteiger partial charge in [-0.15, -0.1) is 0 Å². The van der Waals surface area contributed by atoms with Crippen LogP contribution in [0.2, 0.25) is 0 Å². The van der Waals surface area contributed by atoms with Crippen LogP contribution in [0.25, 0.3) is 5.76 Å². The van der Waals surface area contributed by atoms with E-state index in [-0.39, 0.29) is 11.3 Å². The SMILES string of the molecule is CCCCOc1ccc(C2/C(=C(\O)c3ccc(OCC)cc3)C(=O)C(=O)N2CCN2CCOCC2)cc1OCC. The Morgan fingerprint density at radius 3 is 2.33 bits per heavy atom. The average Bonchev–Trinajstić information content (AvgIpc) is 3.23. The summed E-state index contributed by atoms with van der Waals surface area (Å²) in [7, 11) is 0. The van der Waals surface area contributed by atoms with Crippen LogP contribution in [0.3, 0.4) is 0 Å². The highest BCUT2D eigenvalue weighted by Gasteiger charge is 2.46. The second-order valence-electron chi connectivity index (χ2n) is 9.75. The molecule has 1 atom stereocenters. The zero-order valence-electron chi connectivity index (χ0n) is 23.7. The molecule has 1 unspecified atom stereocenters. The van der Waals surface area contributed by atoms with E-state index in [2.05, 4.69) is 11.8 Å². The molecule has 2 heterocycles. The van der Waals surface area contributed by atoms with Crippen LogP contribution in [0.5, 0.6) is 17.2 Å². The number of hydrogen-bond acceptors (Lipinski definition) is 8. The zero-order chi connectivity index (χ0) is 28.5. The Morgan fingerprint density at radius 2 is 1.65 bits per heavy atom. The third-order valence-corrected chi connectivity index (χ3v) is 7.08. The number of Topliss-reactive ketones (excluding diaryl/α,β-unsaturated/α-hetero) is 1. The van der Waals surface area contributed by atoms with Gasteiger partial charge in [-0.3, -0.25) is 14.5 Å². The van der Waals surface area contributed by atoms with Crippen LogP contribution in [0.1, 0.15) is 50.8 Å². The number of carbonyl (C=O) groups is 2. The number of likely N-dealkylation sites (tertiary alicyclic amines) is 1. The fourth-order valence-electron chi connectivity index (χ4n) is 4.97. The number of unbranched alkanes of at least 4 members (excludes halogenated alkanes) is 1. The lowest BCUT2D eigenvalue weighted by Gasteiger charge is -2.31. The van der Waals surface area contributed by atoms with Crippen LogP contribution in [0.15, 0.2) is 48.0 Å². The van der Waals surface area contributed by atoms with Gasteiger partial charge < -0.3 is 29.0 Å². The minimum atomic E-state index is -0.781. The molecule has 216 valence electrons. The molecule has 2 saturated heterocycles. The van der Waals surface area contributed by atoms with Crippen molar-refractivity contribution in [1.82, 2.24) is 9.80 Å².